The second-order valence-corrected chi connectivity index (χ2v) is 21.7. The zero-order valence-electron chi connectivity index (χ0n) is 45.1. The first-order chi connectivity index (χ1) is 38.0. The summed E-state index contributed by atoms with van der Waals surface area (Å²) in [6, 6.07) is 9.12. The average Bonchev–Trinajstić information content (AvgIpc) is 4.43. The van der Waals surface area contributed by atoms with E-state index in [9.17, 15) is 42.8 Å². The number of fused-ring (bicyclic) bond motifs is 5. The quantitative estimate of drug-likeness (QED) is 0.0607. The van der Waals surface area contributed by atoms with Gasteiger partial charge in [-0.25, -0.2) is 18.7 Å². The molecule has 0 radical (unpaired) electrons. The van der Waals surface area contributed by atoms with Crippen LogP contribution in [-0.4, -0.2) is 145 Å². The van der Waals surface area contributed by atoms with Crippen LogP contribution in [-0.2, 0) is 32.3 Å². The number of likely N-dealkylation sites (N-methyl/N-ethyl adjacent to an activating group) is 1. The molecule has 79 heavy (non-hydrogen) atoms. The van der Waals surface area contributed by atoms with E-state index < -0.39 is 41.8 Å². The van der Waals surface area contributed by atoms with E-state index in [1.54, 1.807) is 37.5 Å². The number of rotatable bonds is 20. The molecule has 4 aromatic rings. The van der Waals surface area contributed by atoms with Crippen molar-refractivity contribution in [1.29, 1.82) is 5.26 Å². The molecule has 4 aliphatic heterocycles. The van der Waals surface area contributed by atoms with E-state index >= 15 is 0 Å². The number of aromatic nitrogens is 4. The molecule has 23 heteroatoms. The number of hydrogen-bond donors (Lipinski definition) is 4. The number of thioether (sulfide) groups is 1. The van der Waals surface area contributed by atoms with Crippen molar-refractivity contribution in [3.63, 3.8) is 0 Å². The van der Waals surface area contributed by atoms with Crippen LogP contribution in [0.25, 0.3) is 11.3 Å². The van der Waals surface area contributed by atoms with E-state index in [-0.39, 0.29) is 89.7 Å². The zero-order valence-corrected chi connectivity index (χ0v) is 46.0. The third-order valence-electron chi connectivity index (χ3n) is 15.3. The Bertz CT molecular complexity index is 2980. The van der Waals surface area contributed by atoms with E-state index in [1.165, 1.54) is 65.3 Å². The molecule has 2 saturated heterocycles. The Hall–Kier alpha value is -7.32. The number of ketones is 1. The molecular formula is C56H69F2N13O7S. The summed E-state index contributed by atoms with van der Waals surface area (Å²) >= 11 is 1.46. The van der Waals surface area contributed by atoms with Crippen LogP contribution in [0, 0.1) is 28.9 Å². The number of nitrogens with two attached hydrogens (primary N) is 1. The fraction of sp³-hybridized carbons (Fsp3) is 0.518. The van der Waals surface area contributed by atoms with Gasteiger partial charge >= 0.3 is 0 Å². The Morgan fingerprint density at radius 3 is 2.39 bits per heavy atom. The fourth-order valence-corrected chi connectivity index (χ4v) is 11.8. The Morgan fingerprint density at radius 1 is 0.962 bits per heavy atom. The highest BCUT2D eigenvalue weighted by molar-refractivity contribution is 8.14. The van der Waals surface area contributed by atoms with Crippen molar-refractivity contribution in [1.82, 2.24) is 50.4 Å². The number of carbonyl (C=O) groups is 6. The highest BCUT2D eigenvalue weighted by Gasteiger charge is 2.43. The summed E-state index contributed by atoms with van der Waals surface area (Å²) in [6.45, 7) is 5.20. The van der Waals surface area contributed by atoms with Crippen molar-refractivity contribution in [2.24, 2.45) is 10.9 Å². The number of Topliss-reactive ketones (excluding diaryl/α,β-unsaturated/α-hetero) is 1. The van der Waals surface area contributed by atoms with Crippen molar-refractivity contribution in [3.05, 3.63) is 88.4 Å². The number of piperidine rings is 1. The van der Waals surface area contributed by atoms with Crippen LogP contribution in [0.15, 0.2) is 53.7 Å². The standard InChI is InChI=1S/C56H69F2N13O7S/c1-33(61-3)52(75)66-49(56(77)70-24-11-12-44(70)54-65-43(32-79-54)50(74)36-15-17-37(57)18-16-36)35-21-25-69(26-22-35)47(73)14-10-8-6-5-7-9-13-46(72)62-23-27-71-45-31-68(4)55(76)39-20-19-38(58)28-40(39)34(2)78-53-51(60)63-30-42(64-53)48(45)41(29-59)67-71/h15-20,28,30,33-35,43-44,49,61H,5-14,21-27,31-32H2,1-4H3,(H2,60,63)(H,62,72)(H,66,75)/t33-,34+,43?,44-,49-/m0/s1. The third-order valence-corrected chi connectivity index (χ3v) is 16.4. The summed E-state index contributed by atoms with van der Waals surface area (Å²) in [5, 5.41) is 24.4. The number of nitrogens with zero attached hydrogens (tertiary/aromatic N) is 9. The number of hydrogen-bond acceptors (Lipinski definition) is 15. The molecule has 1 unspecified atom stereocenters. The summed E-state index contributed by atoms with van der Waals surface area (Å²) in [5.74, 6) is -1.96. The summed E-state index contributed by atoms with van der Waals surface area (Å²) < 4.78 is 35.6. The maximum atomic E-state index is 14.5. The maximum absolute atomic E-state index is 14.5. The number of nitrogens with one attached hydrogen (secondary N) is 3. The molecule has 6 heterocycles. The molecule has 2 fully saturated rings. The zero-order chi connectivity index (χ0) is 56.3. The highest BCUT2D eigenvalue weighted by Crippen LogP contribution is 2.35. The lowest BCUT2D eigenvalue weighted by atomic mass is 9.87. The molecule has 2 bridgehead atoms. The second-order valence-electron chi connectivity index (χ2n) is 20.6. The van der Waals surface area contributed by atoms with E-state index in [1.807, 2.05) is 4.90 Å². The van der Waals surface area contributed by atoms with Gasteiger partial charge in [0.1, 0.15) is 35.9 Å². The number of ether oxygens (including phenoxy) is 1. The number of unbranched alkanes of at least 4 members (excludes halogenated alkanes) is 5. The minimum atomic E-state index is -0.830. The molecule has 2 aromatic heterocycles. The number of nitriles is 1. The molecule has 0 spiro atoms. The number of nitrogen functional groups attached to an aromatic ring is 1. The van der Waals surface area contributed by atoms with E-state index in [0.717, 1.165) is 43.6 Å². The molecule has 5 N–H and O–H groups in total. The van der Waals surface area contributed by atoms with Crippen LogP contribution in [0.2, 0.25) is 0 Å². The number of anilines is 1. The van der Waals surface area contributed by atoms with Crippen LogP contribution < -0.4 is 26.4 Å². The number of halogens is 2. The van der Waals surface area contributed by atoms with Gasteiger partial charge < -0.3 is 41.1 Å². The third kappa shape index (κ3) is 13.9. The predicted molar refractivity (Wildman–Crippen MR) is 292 cm³/mol. The van der Waals surface area contributed by atoms with Gasteiger partial charge in [0, 0.05) is 68.5 Å². The lowest BCUT2D eigenvalue weighted by Gasteiger charge is -2.38. The number of amides is 5. The monoisotopic (exact) mass is 1110 g/mol. The molecular weight excluding hydrogens is 1040 g/mol. The molecule has 4 aliphatic rings. The Morgan fingerprint density at radius 2 is 1.67 bits per heavy atom. The summed E-state index contributed by atoms with van der Waals surface area (Å²) in [5.41, 5.74) is 8.11. The summed E-state index contributed by atoms with van der Waals surface area (Å²) in [7, 11) is 3.27. The maximum Gasteiger partial charge on any atom is 0.258 e. The van der Waals surface area contributed by atoms with Gasteiger partial charge in [-0.1, -0.05) is 25.7 Å². The van der Waals surface area contributed by atoms with Gasteiger partial charge in [0.05, 0.1) is 53.4 Å². The van der Waals surface area contributed by atoms with Crippen LogP contribution >= 0.6 is 11.8 Å². The van der Waals surface area contributed by atoms with Crippen molar-refractivity contribution >= 4 is 57.9 Å². The molecule has 8 rings (SSSR count). The number of likely N-dealkylation sites (tertiary alicyclic amines) is 2. The van der Waals surface area contributed by atoms with E-state index in [2.05, 4.69) is 37.1 Å². The first kappa shape index (κ1) is 57.8. The van der Waals surface area contributed by atoms with Gasteiger partial charge in [-0.05, 0) is 108 Å². The van der Waals surface area contributed by atoms with Crippen molar-refractivity contribution in [3.8, 4) is 23.2 Å². The lowest BCUT2D eigenvalue weighted by molar-refractivity contribution is -0.139. The van der Waals surface area contributed by atoms with Gasteiger partial charge in [0.15, 0.2) is 17.3 Å². The van der Waals surface area contributed by atoms with Crippen LogP contribution in [0.5, 0.6) is 5.88 Å². The van der Waals surface area contributed by atoms with Crippen LogP contribution in [0.3, 0.4) is 0 Å². The Balaban J connectivity index is 0.764. The first-order valence-corrected chi connectivity index (χ1v) is 28.2. The first-order valence-electron chi connectivity index (χ1n) is 27.2. The largest absolute Gasteiger partial charge is 0.467 e. The van der Waals surface area contributed by atoms with Gasteiger partial charge in [0.25, 0.3) is 11.8 Å². The Kier molecular flexibility index (Phi) is 19.4. The van der Waals surface area contributed by atoms with Gasteiger partial charge in [-0.3, -0.25) is 38.4 Å². The smallest absolute Gasteiger partial charge is 0.258 e. The molecule has 0 aliphatic carbocycles. The summed E-state index contributed by atoms with van der Waals surface area (Å²) in [6.07, 6.45) is 8.76. The van der Waals surface area contributed by atoms with Crippen LogP contribution in [0.4, 0.5) is 14.6 Å². The molecule has 5 atom stereocenters. The SMILES string of the molecule is CN[C@@H](C)C(=O)N[C@H](C(=O)N1CCC[C@H]1C1=NC(C(=O)c2ccc(F)cc2)CS1)C1CCN(C(=O)CCCCCCCCC(=O)NCCn2nc(C#N)c3c2CN(C)C(=O)c2ccc(F)cc2[C@@H](C)Oc2nc-3cnc2N)CC1. The normalized spacial score (nSPS) is 19.2. The topological polar surface area (TPSA) is 263 Å². The highest BCUT2D eigenvalue weighted by atomic mass is 32.2. The van der Waals surface area contributed by atoms with Crippen molar-refractivity contribution < 1.29 is 42.3 Å². The second kappa shape index (κ2) is 26.6. The van der Waals surface area contributed by atoms with E-state index in [4.69, 9.17) is 15.5 Å². The predicted octanol–water partition coefficient (Wildman–Crippen LogP) is 5.75. The number of carbonyl (C=O) groups excluding carboxylic acids is 6. The number of aliphatic imine (C=N–C) groups is 1. The number of benzene rings is 2. The molecule has 0 saturated carbocycles. The lowest BCUT2D eigenvalue weighted by Crippen LogP contribution is -2.58. The van der Waals surface area contributed by atoms with Crippen molar-refractivity contribution in [2.75, 3.05) is 51.8 Å². The Labute approximate surface area is 462 Å². The van der Waals surface area contributed by atoms with Crippen LogP contribution in [0.1, 0.15) is 135 Å². The van der Waals surface area contributed by atoms with E-state index in [0.29, 0.717) is 86.3 Å². The molecule has 5 amide bonds. The van der Waals surface area contributed by atoms with Gasteiger partial charge in [0.2, 0.25) is 23.6 Å². The minimum absolute atomic E-state index is 0.00502. The minimum Gasteiger partial charge on any atom is -0.467 e. The molecule has 2 aromatic carbocycles. The van der Waals surface area contributed by atoms with Crippen molar-refractivity contribution in [2.45, 2.75) is 134 Å². The summed E-state index contributed by atoms with van der Waals surface area (Å²) in [4.78, 5) is 99.9. The fourth-order valence-electron chi connectivity index (χ4n) is 10.6. The van der Waals surface area contributed by atoms with Gasteiger partial charge in [-0.2, -0.15) is 10.4 Å². The molecule has 420 valence electrons. The average molecular weight is 1110 g/mol. The molecule has 20 nitrogen and oxygen atoms in total. The van der Waals surface area contributed by atoms with Gasteiger partial charge in [-0.15, -0.1) is 11.8 Å².